The van der Waals surface area contributed by atoms with Crippen LogP contribution in [0.1, 0.15) is 24.3 Å². The van der Waals surface area contributed by atoms with Crippen LogP contribution in [0.2, 0.25) is 0 Å². The zero-order chi connectivity index (χ0) is 20.4. The van der Waals surface area contributed by atoms with E-state index in [-0.39, 0.29) is 0 Å². The summed E-state index contributed by atoms with van der Waals surface area (Å²) in [5.41, 5.74) is 1.18. The number of phenolic OH excluding ortho intramolecular Hbond substituents is 1. The molecule has 0 bridgehead atoms. The third-order valence-electron chi connectivity index (χ3n) is 5.58. The molecule has 0 saturated carbocycles. The second-order valence-electron chi connectivity index (χ2n) is 7.13. The molecule has 7 nitrogen and oxygen atoms in total. The average Bonchev–Trinajstić information content (AvgIpc) is 2.77. The largest absolute Gasteiger partial charge is 0.508 e. The lowest BCUT2D eigenvalue weighted by molar-refractivity contribution is 0.327. The molecule has 1 aromatic heterocycles. The highest BCUT2D eigenvalue weighted by atomic mass is 16.5. The minimum Gasteiger partial charge on any atom is -0.508 e. The molecule has 1 fully saturated rings. The fourth-order valence-corrected chi connectivity index (χ4v) is 4.12. The molecule has 0 unspecified atom stereocenters. The molecular weight excluding hydrogens is 370 g/mol. The van der Waals surface area contributed by atoms with Gasteiger partial charge in [-0.2, -0.15) is 5.10 Å². The number of aromatic hydroxyl groups is 1. The van der Waals surface area contributed by atoms with Crippen molar-refractivity contribution < 1.29 is 19.3 Å². The molecule has 0 atom stereocenters. The first kappa shape index (κ1) is 19.1. The Bertz CT molecular complexity index is 1020. The standard InChI is InChI=1S/C22H25N3O4/c1-27-19-12-17-18(20(28-2)21(19)29-3)13-23-24-22(17)25-9-7-14(8-10-25)15-5-4-6-16(26)11-15/h4-6,11-14,26H,7-10H2,1-3H3. The van der Waals surface area contributed by atoms with Gasteiger partial charge in [-0.3, -0.25) is 0 Å². The van der Waals surface area contributed by atoms with Crippen LogP contribution >= 0.6 is 0 Å². The molecule has 0 aliphatic carbocycles. The first-order valence-electron chi connectivity index (χ1n) is 9.64. The first-order chi connectivity index (χ1) is 14.2. The quantitative estimate of drug-likeness (QED) is 0.705. The number of piperidine rings is 1. The van der Waals surface area contributed by atoms with Crippen LogP contribution in [0, 0.1) is 0 Å². The molecule has 1 saturated heterocycles. The third-order valence-corrected chi connectivity index (χ3v) is 5.58. The second kappa shape index (κ2) is 8.03. The van der Waals surface area contributed by atoms with E-state index in [1.807, 2.05) is 18.2 Å². The van der Waals surface area contributed by atoms with Gasteiger partial charge < -0.3 is 24.2 Å². The van der Waals surface area contributed by atoms with Crippen LogP contribution in [-0.2, 0) is 0 Å². The van der Waals surface area contributed by atoms with E-state index in [0.29, 0.717) is 28.9 Å². The number of ether oxygens (including phenoxy) is 3. The molecule has 152 valence electrons. The van der Waals surface area contributed by atoms with Crippen molar-refractivity contribution in [2.24, 2.45) is 0 Å². The maximum atomic E-state index is 9.77. The van der Waals surface area contributed by atoms with E-state index in [9.17, 15) is 5.11 Å². The number of benzene rings is 2. The van der Waals surface area contributed by atoms with Crippen LogP contribution < -0.4 is 19.1 Å². The molecule has 3 aromatic rings. The van der Waals surface area contributed by atoms with Gasteiger partial charge in [0.05, 0.1) is 32.9 Å². The lowest BCUT2D eigenvalue weighted by atomic mass is 9.89. The van der Waals surface area contributed by atoms with E-state index in [1.165, 1.54) is 5.56 Å². The molecule has 29 heavy (non-hydrogen) atoms. The summed E-state index contributed by atoms with van der Waals surface area (Å²) in [5.74, 6) is 3.29. The molecular formula is C22H25N3O4. The van der Waals surface area contributed by atoms with Crippen molar-refractivity contribution >= 4 is 16.6 Å². The van der Waals surface area contributed by atoms with Crippen molar-refractivity contribution in [2.75, 3.05) is 39.3 Å². The molecule has 2 heterocycles. The Kier molecular flexibility index (Phi) is 5.29. The summed E-state index contributed by atoms with van der Waals surface area (Å²) in [4.78, 5) is 2.25. The molecule has 0 amide bonds. The van der Waals surface area contributed by atoms with Crippen LogP contribution in [0.25, 0.3) is 10.8 Å². The van der Waals surface area contributed by atoms with Crippen LogP contribution in [0.4, 0.5) is 5.82 Å². The highest BCUT2D eigenvalue weighted by molar-refractivity contribution is 5.99. The minimum absolute atomic E-state index is 0.318. The normalized spacial score (nSPS) is 14.8. The Balaban J connectivity index is 1.66. The number of phenols is 1. The van der Waals surface area contributed by atoms with E-state index >= 15 is 0 Å². The highest BCUT2D eigenvalue weighted by Gasteiger charge is 2.25. The van der Waals surface area contributed by atoms with Gasteiger partial charge in [0.15, 0.2) is 17.3 Å². The number of anilines is 1. The minimum atomic E-state index is 0.318. The van der Waals surface area contributed by atoms with Crippen molar-refractivity contribution in [2.45, 2.75) is 18.8 Å². The number of methoxy groups -OCH3 is 3. The fraction of sp³-hybridized carbons (Fsp3) is 0.364. The smallest absolute Gasteiger partial charge is 0.204 e. The molecule has 1 aliphatic heterocycles. The van der Waals surface area contributed by atoms with Gasteiger partial charge in [-0.05, 0) is 42.5 Å². The predicted molar refractivity (Wildman–Crippen MR) is 111 cm³/mol. The SMILES string of the molecule is COc1cc2c(N3CCC(c4cccc(O)c4)CC3)nncc2c(OC)c1OC. The topological polar surface area (TPSA) is 76.9 Å². The van der Waals surface area contributed by atoms with Gasteiger partial charge in [-0.1, -0.05) is 12.1 Å². The molecule has 2 aromatic carbocycles. The van der Waals surface area contributed by atoms with Crippen molar-refractivity contribution in [3.8, 4) is 23.0 Å². The lowest BCUT2D eigenvalue weighted by Crippen LogP contribution is -2.33. The van der Waals surface area contributed by atoms with Crippen molar-refractivity contribution in [3.05, 3.63) is 42.1 Å². The molecule has 1 aliphatic rings. The number of fused-ring (bicyclic) bond motifs is 1. The fourth-order valence-electron chi connectivity index (χ4n) is 4.12. The zero-order valence-corrected chi connectivity index (χ0v) is 16.9. The Labute approximate surface area is 169 Å². The summed E-state index contributed by atoms with van der Waals surface area (Å²) in [7, 11) is 4.81. The predicted octanol–water partition coefficient (Wildman–Crippen LogP) is 3.75. The van der Waals surface area contributed by atoms with Crippen molar-refractivity contribution in [1.82, 2.24) is 10.2 Å². The number of aromatic nitrogens is 2. The van der Waals surface area contributed by atoms with Crippen LogP contribution in [0.15, 0.2) is 36.5 Å². The molecule has 1 N–H and O–H groups in total. The Morgan fingerprint density at radius 3 is 2.38 bits per heavy atom. The van der Waals surface area contributed by atoms with Crippen molar-refractivity contribution in [1.29, 1.82) is 0 Å². The van der Waals surface area contributed by atoms with E-state index in [2.05, 4.69) is 21.2 Å². The zero-order valence-electron chi connectivity index (χ0n) is 16.9. The van der Waals surface area contributed by atoms with Gasteiger partial charge in [0, 0.05) is 18.5 Å². The number of rotatable bonds is 5. The summed E-state index contributed by atoms with van der Waals surface area (Å²) in [6.45, 7) is 1.70. The Morgan fingerprint density at radius 1 is 0.966 bits per heavy atom. The monoisotopic (exact) mass is 395 g/mol. The molecule has 4 rings (SSSR count). The maximum absolute atomic E-state index is 9.77. The summed E-state index contributed by atoms with van der Waals surface area (Å²) in [5, 5.41) is 20.2. The van der Waals surface area contributed by atoms with E-state index in [4.69, 9.17) is 14.2 Å². The lowest BCUT2D eigenvalue weighted by Gasteiger charge is -2.33. The summed E-state index contributed by atoms with van der Waals surface area (Å²) >= 11 is 0. The van der Waals surface area contributed by atoms with E-state index < -0.39 is 0 Å². The summed E-state index contributed by atoms with van der Waals surface area (Å²) < 4.78 is 16.6. The number of hydrogen-bond acceptors (Lipinski definition) is 7. The van der Waals surface area contributed by atoms with Crippen LogP contribution in [-0.4, -0.2) is 49.7 Å². The maximum Gasteiger partial charge on any atom is 0.204 e. The third kappa shape index (κ3) is 3.48. The summed E-state index contributed by atoms with van der Waals surface area (Å²) in [6.07, 6.45) is 3.65. The summed E-state index contributed by atoms with van der Waals surface area (Å²) in [6, 6.07) is 9.49. The molecule has 0 radical (unpaired) electrons. The van der Waals surface area contributed by atoms with Gasteiger partial charge >= 0.3 is 0 Å². The Morgan fingerprint density at radius 2 is 1.72 bits per heavy atom. The van der Waals surface area contributed by atoms with E-state index in [1.54, 1.807) is 33.6 Å². The van der Waals surface area contributed by atoms with Gasteiger partial charge in [0.25, 0.3) is 0 Å². The first-order valence-corrected chi connectivity index (χ1v) is 9.64. The van der Waals surface area contributed by atoms with Gasteiger partial charge in [-0.15, -0.1) is 5.10 Å². The molecule has 7 heteroatoms. The average molecular weight is 395 g/mol. The Hall–Kier alpha value is -3.22. The van der Waals surface area contributed by atoms with Crippen LogP contribution in [0.5, 0.6) is 23.0 Å². The molecule has 0 spiro atoms. The number of nitrogens with zero attached hydrogens (tertiary/aromatic N) is 3. The van der Waals surface area contributed by atoms with Crippen LogP contribution in [0.3, 0.4) is 0 Å². The number of hydrogen-bond donors (Lipinski definition) is 1. The van der Waals surface area contributed by atoms with Gasteiger partial charge in [0.2, 0.25) is 5.75 Å². The van der Waals surface area contributed by atoms with Gasteiger partial charge in [0.1, 0.15) is 5.75 Å². The van der Waals surface area contributed by atoms with Gasteiger partial charge in [-0.25, -0.2) is 0 Å². The second-order valence-corrected chi connectivity index (χ2v) is 7.13. The van der Waals surface area contributed by atoms with Crippen molar-refractivity contribution in [3.63, 3.8) is 0 Å². The van der Waals surface area contributed by atoms with E-state index in [0.717, 1.165) is 42.5 Å². The highest BCUT2D eigenvalue weighted by Crippen LogP contribution is 2.45.